The second-order valence-corrected chi connectivity index (χ2v) is 5.54. The molecule has 1 saturated heterocycles. The molecule has 2 fully saturated rings. The summed E-state index contributed by atoms with van der Waals surface area (Å²) in [7, 11) is 0. The van der Waals surface area contributed by atoms with E-state index in [0.717, 1.165) is 32.5 Å². The van der Waals surface area contributed by atoms with Crippen molar-refractivity contribution >= 4 is 0 Å². The summed E-state index contributed by atoms with van der Waals surface area (Å²) in [5.74, 6) is -1.08. The lowest BCUT2D eigenvalue weighted by molar-refractivity contribution is -0.187. The van der Waals surface area contributed by atoms with E-state index in [2.05, 4.69) is 17.1 Å². The molecule has 5 heteroatoms. The number of nitrogens with one attached hydrogen (secondary N) is 1. The Balaban J connectivity index is 1.97. The lowest BCUT2D eigenvalue weighted by Gasteiger charge is -2.40. The molecule has 1 aliphatic carbocycles. The highest BCUT2D eigenvalue weighted by molar-refractivity contribution is 4.89. The highest BCUT2D eigenvalue weighted by Gasteiger charge is 2.43. The SMILES string of the molecule is CCN(C1CCNC1)C1CCCC(C(F)(F)F)C1. The normalized spacial score (nSPS) is 34.2. The van der Waals surface area contributed by atoms with E-state index in [1.165, 1.54) is 0 Å². The van der Waals surface area contributed by atoms with Gasteiger partial charge in [-0.3, -0.25) is 4.90 Å². The molecule has 0 aromatic rings. The van der Waals surface area contributed by atoms with Crippen LogP contribution >= 0.6 is 0 Å². The third kappa shape index (κ3) is 3.18. The third-order valence-corrected chi connectivity index (χ3v) is 4.45. The number of halogens is 3. The van der Waals surface area contributed by atoms with E-state index in [-0.39, 0.29) is 6.04 Å². The predicted molar refractivity (Wildman–Crippen MR) is 65.5 cm³/mol. The van der Waals surface area contributed by atoms with Crippen molar-refractivity contribution in [2.24, 2.45) is 5.92 Å². The summed E-state index contributed by atoms with van der Waals surface area (Å²) in [6, 6.07) is 0.562. The summed E-state index contributed by atoms with van der Waals surface area (Å²) >= 11 is 0. The minimum atomic E-state index is -4.01. The van der Waals surface area contributed by atoms with Gasteiger partial charge in [-0.05, 0) is 38.8 Å². The van der Waals surface area contributed by atoms with Gasteiger partial charge in [-0.15, -0.1) is 0 Å². The largest absolute Gasteiger partial charge is 0.391 e. The van der Waals surface area contributed by atoms with E-state index in [9.17, 15) is 13.2 Å². The molecule has 106 valence electrons. The van der Waals surface area contributed by atoms with E-state index in [1.54, 1.807) is 0 Å². The topological polar surface area (TPSA) is 15.3 Å². The molecule has 1 aliphatic heterocycles. The lowest BCUT2D eigenvalue weighted by Crippen LogP contribution is -2.47. The number of nitrogens with zero attached hydrogens (tertiary/aromatic N) is 1. The Morgan fingerprint density at radius 2 is 1.94 bits per heavy atom. The van der Waals surface area contributed by atoms with Gasteiger partial charge in [0.15, 0.2) is 0 Å². The fourth-order valence-electron chi connectivity index (χ4n) is 3.50. The van der Waals surface area contributed by atoms with Crippen molar-refractivity contribution in [1.82, 2.24) is 10.2 Å². The van der Waals surface area contributed by atoms with Crippen LogP contribution in [0.3, 0.4) is 0 Å². The Bertz CT molecular complexity index is 261. The zero-order chi connectivity index (χ0) is 13.2. The smallest absolute Gasteiger partial charge is 0.315 e. The van der Waals surface area contributed by atoms with E-state index in [4.69, 9.17) is 0 Å². The molecule has 1 N–H and O–H groups in total. The van der Waals surface area contributed by atoms with Gasteiger partial charge in [-0.2, -0.15) is 13.2 Å². The molecule has 2 nitrogen and oxygen atoms in total. The Kier molecular flexibility index (Phi) is 4.54. The number of alkyl halides is 3. The monoisotopic (exact) mass is 264 g/mol. The van der Waals surface area contributed by atoms with Crippen molar-refractivity contribution < 1.29 is 13.2 Å². The number of likely N-dealkylation sites (N-methyl/N-ethyl adjacent to an activating group) is 1. The zero-order valence-corrected chi connectivity index (χ0v) is 11.0. The molecule has 2 aliphatic rings. The van der Waals surface area contributed by atoms with Gasteiger partial charge in [0.1, 0.15) is 0 Å². The van der Waals surface area contributed by atoms with Crippen molar-refractivity contribution in [2.75, 3.05) is 19.6 Å². The van der Waals surface area contributed by atoms with Crippen molar-refractivity contribution in [1.29, 1.82) is 0 Å². The fourth-order valence-corrected chi connectivity index (χ4v) is 3.50. The zero-order valence-electron chi connectivity index (χ0n) is 11.0. The van der Waals surface area contributed by atoms with Crippen LogP contribution in [0.4, 0.5) is 13.2 Å². The first kappa shape index (κ1) is 14.1. The average Bonchev–Trinajstić information content (AvgIpc) is 2.83. The molecule has 1 heterocycles. The number of rotatable bonds is 3. The maximum atomic E-state index is 12.8. The molecular weight excluding hydrogens is 241 g/mol. The summed E-state index contributed by atoms with van der Waals surface area (Å²) in [4.78, 5) is 2.30. The predicted octanol–water partition coefficient (Wildman–Crippen LogP) is 2.79. The van der Waals surface area contributed by atoms with Crippen LogP contribution in [0.5, 0.6) is 0 Å². The van der Waals surface area contributed by atoms with Gasteiger partial charge in [0, 0.05) is 18.6 Å². The molecule has 0 aromatic carbocycles. The molecule has 0 aromatic heterocycles. The molecule has 0 radical (unpaired) electrons. The van der Waals surface area contributed by atoms with Crippen molar-refractivity contribution in [3.8, 4) is 0 Å². The molecule has 1 saturated carbocycles. The first-order valence-corrected chi connectivity index (χ1v) is 7.05. The Labute approximate surface area is 107 Å². The van der Waals surface area contributed by atoms with Gasteiger partial charge in [0.25, 0.3) is 0 Å². The molecule has 2 rings (SSSR count). The lowest BCUT2D eigenvalue weighted by atomic mass is 9.84. The first-order valence-electron chi connectivity index (χ1n) is 7.05. The van der Waals surface area contributed by atoms with Crippen molar-refractivity contribution in [2.45, 2.75) is 57.3 Å². The maximum absolute atomic E-state index is 12.8. The second-order valence-electron chi connectivity index (χ2n) is 5.54. The van der Waals surface area contributed by atoms with E-state index >= 15 is 0 Å². The van der Waals surface area contributed by atoms with E-state index < -0.39 is 12.1 Å². The number of hydrogen-bond acceptors (Lipinski definition) is 2. The highest BCUT2D eigenvalue weighted by Crippen LogP contribution is 2.39. The van der Waals surface area contributed by atoms with Crippen LogP contribution in [0.25, 0.3) is 0 Å². The van der Waals surface area contributed by atoms with Gasteiger partial charge in [0.2, 0.25) is 0 Å². The minimum absolute atomic E-state index is 0.125. The van der Waals surface area contributed by atoms with E-state index in [1.807, 2.05) is 0 Å². The molecule has 18 heavy (non-hydrogen) atoms. The van der Waals surface area contributed by atoms with Crippen LogP contribution in [-0.2, 0) is 0 Å². The molecule has 0 amide bonds. The Hall–Kier alpha value is -0.290. The van der Waals surface area contributed by atoms with Crippen LogP contribution < -0.4 is 5.32 Å². The minimum Gasteiger partial charge on any atom is -0.315 e. The highest BCUT2D eigenvalue weighted by atomic mass is 19.4. The summed E-state index contributed by atoms with van der Waals surface area (Å²) in [6.45, 7) is 4.86. The van der Waals surface area contributed by atoms with Gasteiger partial charge in [0.05, 0.1) is 5.92 Å². The molecule has 3 unspecified atom stereocenters. The Morgan fingerprint density at radius 3 is 2.50 bits per heavy atom. The Morgan fingerprint density at radius 1 is 1.17 bits per heavy atom. The van der Waals surface area contributed by atoms with Gasteiger partial charge in [-0.1, -0.05) is 13.3 Å². The van der Waals surface area contributed by atoms with Crippen molar-refractivity contribution in [3.05, 3.63) is 0 Å². The first-order chi connectivity index (χ1) is 8.52. The molecule has 0 spiro atoms. The fraction of sp³-hybridized carbons (Fsp3) is 1.00. The van der Waals surface area contributed by atoms with E-state index in [0.29, 0.717) is 25.3 Å². The summed E-state index contributed by atoms with van der Waals surface area (Å²) in [5, 5.41) is 3.30. The quantitative estimate of drug-likeness (QED) is 0.843. The van der Waals surface area contributed by atoms with Gasteiger partial charge >= 0.3 is 6.18 Å². The molecule has 0 bridgehead atoms. The van der Waals surface area contributed by atoms with Crippen LogP contribution in [0.1, 0.15) is 39.0 Å². The molecule has 3 atom stereocenters. The molecular formula is C13H23F3N2. The van der Waals surface area contributed by atoms with Crippen LogP contribution in [0.2, 0.25) is 0 Å². The third-order valence-electron chi connectivity index (χ3n) is 4.45. The van der Waals surface area contributed by atoms with Gasteiger partial charge in [-0.25, -0.2) is 0 Å². The standard InChI is InChI=1S/C13H23F3N2/c1-2-18(12-6-7-17-9-12)11-5-3-4-10(8-11)13(14,15)16/h10-12,17H,2-9H2,1H3. The number of hydrogen-bond donors (Lipinski definition) is 1. The van der Waals surface area contributed by atoms with Crippen LogP contribution in [0, 0.1) is 5.92 Å². The maximum Gasteiger partial charge on any atom is 0.391 e. The van der Waals surface area contributed by atoms with Gasteiger partial charge < -0.3 is 5.32 Å². The average molecular weight is 264 g/mol. The summed E-state index contributed by atoms with van der Waals surface area (Å²) in [6.07, 6.45) is -0.677. The second kappa shape index (κ2) is 5.78. The van der Waals surface area contributed by atoms with Crippen molar-refractivity contribution in [3.63, 3.8) is 0 Å². The summed E-state index contributed by atoms with van der Waals surface area (Å²) < 4.78 is 38.5. The van der Waals surface area contributed by atoms with Crippen LogP contribution in [0.15, 0.2) is 0 Å². The van der Waals surface area contributed by atoms with Crippen LogP contribution in [-0.4, -0.2) is 42.8 Å². The summed E-state index contributed by atoms with van der Waals surface area (Å²) in [5.41, 5.74) is 0.